The van der Waals surface area contributed by atoms with Gasteiger partial charge in [-0.05, 0) is 150 Å². The quantitative estimate of drug-likeness (QED) is 0.00761. The van der Waals surface area contributed by atoms with E-state index in [1.54, 1.807) is 66.9 Å². The number of rotatable bonds is 63. The van der Waals surface area contributed by atoms with Crippen molar-refractivity contribution in [2.45, 2.75) is 288 Å². The van der Waals surface area contributed by atoms with Crippen LogP contribution in [0.3, 0.4) is 0 Å². The zero-order chi connectivity index (χ0) is 80.5. The van der Waals surface area contributed by atoms with Crippen LogP contribution in [0.2, 0.25) is 0 Å². The second kappa shape index (κ2) is 50.2. The number of carbonyl (C=O) groups is 13. The summed E-state index contributed by atoms with van der Waals surface area (Å²) in [5, 5.41) is 40.3. The fourth-order valence-electron chi connectivity index (χ4n) is 12.1. The average molecular weight is 1510 g/mol. The summed E-state index contributed by atoms with van der Waals surface area (Å²) in [6, 6.07) is -0.968. The Bertz CT molecular complexity index is 3420. The van der Waals surface area contributed by atoms with E-state index in [-0.39, 0.29) is 118 Å². The molecule has 0 saturated carbocycles. The number of nitrogens with two attached hydrogens (primary N) is 3. The number of nitrogens with zero attached hydrogens (tertiary/aromatic N) is 2. The van der Waals surface area contributed by atoms with E-state index in [0.29, 0.717) is 51.2 Å². The van der Waals surface area contributed by atoms with E-state index < -0.39 is 132 Å². The third-order valence-corrected chi connectivity index (χ3v) is 19.9. The van der Waals surface area contributed by atoms with E-state index >= 15 is 0 Å². The maximum Gasteiger partial charge on any atom is 0.239 e. The highest BCUT2D eigenvalue weighted by atomic mass is 16.3. The van der Waals surface area contributed by atoms with Crippen molar-refractivity contribution < 1.29 is 67.4 Å². The zero-order valence-electron chi connectivity index (χ0n) is 65.8. The lowest BCUT2D eigenvalue weighted by atomic mass is 9.86. The topological polar surface area (TPSA) is 469 Å². The first-order valence-corrected chi connectivity index (χ1v) is 38.5. The minimum atomic E-state index is -1.60. The highest BCUT2D eigenvalue weighted by Crippen LogP contribution is 2.25. The number of nitrogens with one attached hydrogen (secondary N) is 10. The first-order valence-electron chi connectivity index (χ1n) is 38.5. The Morgan fingerprint density at radius 3 is 1.87 bits per heavy atom. The number of hydrogen-bond donors (Lipinski definition) is 14. The number of fused-ring (bicyclic) bond motifs is 1. The van der Waals surface area contributed by atoms with Crippen molar-refractivity contribution in [3.8, 4) is 0 Å². The van der Waals surface area contributed by atoms with Gasteiger partial charge < -0.3 is 58.7 Å². The third kappa shape index (κ3) is 35.3. The molecule has 1 heterocycles. The van der Waals surface area contributed by atoms with Crippen molar-refractivity contribution >= 4 is 86.8 Å². The average Bonchev–Trinajstić information content (AvgIpc) is 1.81. The number of Topliss-reactive ketones (excluding diaryl/α,β-unsaturated/α-hetero) is 10. The first-order chi connectivity index (χ1) is 51.2. The van der Waals surface area contributed by atoms with Gasteiger partial charge in [0.15, 0.2) is 57.8 Å². The number of likely N-dealkylation sites (N-methyl/N-ethyl adjacent to an activating group) is 1. The number of aromatic amines is 1. The molecule has 602 valence electrons. The van der Waals surface area contributed by atoms with Gasteiger partial charge in [0.05, 0.1) is 98.0 Å². The lowest BCUT2D eigenvalue weighted by Gasteiger charge is -2.33. The molecular formula is C79H127N15O14. The number of para-hydroxylation sites is 1. The van der Waals surface area contributed by atoms with E-state index in [1.807, 2.05) is 57.2 Å². The van der Waals surface area contributed by atoms with Gasteiger partial charge >= 0.3 is 0 Å². The number of aromatic nitrogens is 1. The van der Waals surface area contributed by atoms with Crippen LogP contribution in [0.5, 0.6) is 0 Å². The number of allylic oxidation sites excluding steroid dienone is 5. The number of benzene rings is 1. The molecule has 1 aliphatic carbocycles. The normalized spacial score (nSPS) is 16.5. The van der Waals surface area contributed by atoms with Crippen LogP contribution < -0.4 is 65.3 Å². The van der Waals surface area contributed by atoms with Crippen LogP contribution in [0.1, 0.15) is 216 Å². The fourth-order valence-corrected chi connectivity index (χ4v) is 12.1. The smallest absolute Gasteiger partial charge is 0.239 e. The fraction of sp³-hybridized carbons (Fsp3) is 0.658. The van der Waals surface area contributed by atoms with Gasteiger partial charge in [-0.2, -0.15) is 10.2 Å². The van der Waals surface area contributed by atoms with E-state index in [4.69, 9.17) is 17.2 Å². The molecule has 3 rings (SSSR count). The Morgan fingerprint density at radius 2 is 1.23 bits per heavy atom. The number of H-pyrrole nitrogens is 1. The summed E-state index contributed by atoms with van der Waals surface area (Å²) < 4.78 is 0. The number of aldehydes is 1. The van der Waals surface area contributed by atoms with Gasteiger partial charge in [-0.15, -0.1) is 0 Å². The summed E-state index contributed by atoms with van der Waals surface area (Å²) in [6.45, 7) is 16.8. The van der Waals surface area contributed by atoms with Gasteiger partial charge in [-0.1, -0.05) is 94.9 Å². The molecule has 2 amide bonds. The molecule has 1 aliphatic rings. The molecule has 2 aromatic rings. The Kier molecular flexibility index (Phi) is 43.9. The van der Waals surface area contributed by atoms with Gasteiger partial charge in [0.2, 0.25) is 11.8 Å². The summed E-state index contributed by atoms with van der Waals surface area (Å²) >= 11 is 0. The number of hydrogen-bond acceptors (Lipinski definition) is 26. The van der Waals surface area contributed by atoms with E-state index in [2.05, 4.69) is 63.3 Å². The molecule has 29 heteroatoms. The second-order valence-electron chi connectivity index (χ2n) is 29.7. The van der Waals surface area contributed by atoms with E-state index in [1.165, 1.54) is 6.92 Å². The Hall–Kier alpha value is -7.71. The first kappa shape index (κ1) is 94.5. The molecule has 29 nitrogen and oxygen atoms in total. The molecule has 108 heavy (non-hydrogen) atoms. The predicted molar refractivity (Wildman–Crippen MR) is 417 cm³/mol. The highest BCUT2D eigenvalue weighted by Gasteiger charge is 2.39. The summed E-state index contributed by atoms with van der Waals surface area (Å²) in [5.41, 5.74) is 23.0. The van der Waals surface area contributed by atoms with Gasteiger partial charge in [0.25, 0.3) is 0 Å². The van der Waals surface area contributed by atoms with Crippen molar-refractivity contribution in [3.05, 3.63) is 71.7 Å². The van der Waals surface area contributed by atoms with Crippen LogP contribution in [0.15, 0.2) is 76.3 Å². The number of aliphatic hydroxyl groups is 1. The molecule has 0 aliphatic heterocycles. The summed E-state index contributed by atoms with van der Waals surface area (Å²) in [6.07, 6.45) is 17.1. The highest BCUT2D eigenvalue weighted by molar-refractivity contribution is 6.07. The van der Waals surface area contributed by atoms with Gasteiger partial charge in [0.1, 0.15) is 24.4 Å². The molecular weight excluding hydrogens is 1380 g/mol. The molecule has 0 unspecified atom stereocenters. The number of hydrazine groups is 1. The predicted octanol–water partition coefficient (Wildman–Crippen LogP) is 5.29. The molecule has 0 bridgehead atoms. The van der Waals surface area contributed by atoms with Crippen molar-refractivity contribution in [3.63, 3.8) is 0 Å². The van der Waals surface area contributed by atoms with Crippen LogP contribution in [-0.2, 0) is 68.7 Å². The number of primary amides is 1. The van der Waals surface area contributed by atoms with E-state index in [9.17, 15) is 67.4 Å². The SMILES string of the molecule is CCCC[C@H](NCN[C@@H](C)C(=O)CCN[C@@H](C)C(=O)CC(=O)[C@](C)(CCC/C=C/CCCCCC[C@@](C)(N)C(=O)CC(=O)[C@H](C)NC)NC(=O)[C@H](CC(C)C)NN[C@@H](CCC(N)=O)C(=O)CN[C@@H](C)C(=O)CC(=O)[C@H](Cc1c[nH]c2ccccc12)/N=N\[C@H](C=O)CC1=CC=C(O)CC1)C(=O)CN[C@@H](C)C(=O)CN. The molecule has 0 spiro atoms. The second-order valence-corrected chi connectivity index (χ2v) is 29.7. The standard InChI is InChI=1S/C79H127N15O14/c1-12-13-26-62(72(103)46-86-55(8)71(102)44-80)89-49-88-52(5)66(97)34-37-84-53(6)69(100)43-75(106)79(10,36-24-20-18-16-14-15-17-19-23-35-78(9,82)74(105)42-68(99)51(4)83-11)90-77(108)65(38-50(2)3)94-92-63(32-33-76(81)107)73(104)47-85-54(7)67(98)41-70(101)64(40-57-45-87-61-27-22-21-25-60(57)61)93-91-58(48-95)39-56-28-30-59(96)31-29-56/h16,18,21-22,25,27-28,30,45,48,50-55,58,62-65,83-89,92,94,96H,12-15,17,19-20,23-24,26,29,31-44,46-47,49,80,82H2,1-11H3,(H2,81,107)(H,90,108)/b18-16+,93-91-/t51-,52-,53-,54-,55-,58-,62-,63-,64-,65-,78+,79-/m0/s1. The Balaban J connectivity index is 1.75. The maximum absolute atomic E-state index is 14.7. The van der Waals surface area contributed by atoms with Crippen molar-refractivity contribution in [1.29, 1.82) is 0 Å². The molecule has 12 atom stereocenters. The molecule has 17 N–H and O–H groups in total. The summed E-state index contributed by atoms with van der Waals surface area (Å²) in [7, 11) is 1.66. The Labute approximate surface area is 637 Å². The van der Waals surface area contributed by atoms with Crippen LogP contribution in [0, 0.1) is 5.92 Å². The van der Waals surface area contributed by atoms with Gasteiger partial charge in [-0.3, -0.25) is 68.2 Å². The summed E-state index contributed by atoms with van der Waals surface area (Å²) in [4.78, 5) is 177. The van der Waals surface area contributed by atoms with Gasteiger partial charge in [0, 0.05) is 56.0 Å². The van der Waals surface area contributed by atoms with Crippen LogP contribution >= 0.6 is 0 Å². The Morgan fingerprint density at radius 1 is 0.620 bits per heavy atom. The number of amides is 2. The molecule has 0 radical (unpaired) electrons. The van der Waals surface area contributed by atoms with Crippen molar-refractivity contribution in [2.75, 3.05) is 39.9 Å². The summed E-state index contributed by atoms with van der Waals surface area (Å²) in [5.74, 6) is -4.97. The number of aliphatic hydroxyl groups excluding tert-OH is 1. The van der Waals surface area contributed by atoms with Gasteiger partial charge in [-0.25, -0.2) is 10.9 Å². The maximum atomic E-state index is 14.7. The molecule has 1 aromatic carbocycles. The van der Waals surface area contributed by atoms with Crippen LogP contribution in [-0.4, -0.2) is 197 Å². The minimum Gasteiger partial charge on any atom is -0.512 e. The monoisotopic (exact) mass is 1510 g/mol. The number of unbranched alkanes of at least 4 members (excludes halogenated alkanes) is 6. The molecule has 0 saturated heterocycles. The van der Waals surface area contributed by atoms with Crippen LogP contribution in [0.25, 0.3) is 10.9 Å². The molecule has 0 fully saturated rings. The number of ketones is 10. The molecule has 1 aromatic heterocycles. The third-order valence-electron chi connectivity index (χ3n) is 19.9. The number of azo groups is 1. The van der Waals surface area contributed by atoms with Crippen molar-refractivity contribution in [1.82, 2.24) is 53.1 Å². The van der Waals surface area contributed by atoms with Crippen molar-refractivity contribution in [2.24, 2.45) is 33.3 Å². The largest absolute Gasteiger partial charge is 0.512 e. The van der Waals surface area contributed by atoms with Crippen LogP contribution in [0.4, 0.5) is 0 Å². The lowest BCUT2D eigenvalue weighted by molar-refractivity contribution is -0.136. The lowest BCUT2D eigenvalue weighted by Crippen LogP contribution is -2.61. The minimum absolute atomic E-state index is 0.0284. The zero-order valence-corrected chi connectivity index (χ0v) is 65.8. The number of carbonyl (C=O) groups excluding carboxylic acids is 13. The van der Waals surface area contributed by atoms with E-state index in [0.717, 1.165) is 60.6 Å².